The number of carbonyl (C=O) groups excluding carboxylic acids is 1. The van der Waals surface area contributed by atoms with Crippen LogP contribution in [0.25, 0.3) is 0 Å². The van der Waals surface area contributed by atoms with Crippen LogP contribution in [-0.2, 0) is 14.3 Å². The van der Waals surface area contributed by atoms with E-state index in [0.717, 1.165) is 0 Å². The highest BCUT2D eigenvalue weighted by molar-refractivity contribution is 5.85. The Balaban J connectivity index is 4.38. The van der Waals surface area contributed by atoms with Crippen molar-refractivity contribution in [2.45, 2.75) is 46.8 Å². The highest BCUT2D eigenvalue weighted by Gasteiger charge is 2.34. The average Bonchev–Trinajstić information content (AvgIpc) is 2.03. The second kappa shape index (κ2) is 6.14. The summed E-state index contributed by atoms with van der Waals surface area (Å²) in [5.74, 6) is -0.688. The number of hydrogen-bond donors (Lipinski definition) is 0. The number of ketones is 1. The molecule has 0 bridgehead atoms. The van der Waals surface area contributed by atoms with Crippen LogP contribution in [-0.4, -0.2) is 24.8 Å². The van der Waals surface area contributed by atoms with E-state index in [9.17, 15) is 4.79 Å². The Labute approximate surface area is 86.8 Å². The molecule has 0 aliphatic rings. The summed E-state index contributed by atoms with van der Waals surface area (Å²) in [4.78, 5) is 11.8. The number of rotatable bonds is 7. The first-order chi connectivity index (χ1) is 6.46. The van der Waals surface area contributed by atoms with E-state index in [0.29, 0.717) is 25.6 Å². The maximum atomic E-state index is 11.8. The molecule has 0 aromatic heterocycles. The van der Waals surface area contributed by atoms with Gasteiger partial charge in [-0.15, -0.1) is 0 Å². The lowest BCUT2D eigenvalue weighted by Crippen LogP contribution is -2.42. The average molecular weight is 202 g/mol. The highest BCUT2D eigenvalue weighted by Crippen LogP contribution is 2.18. The summed E-state index contributed by atoms with van der Waals surface area (Å²) in [5, 5.41) is 0. The zero-order valence-corrected chi connectivity index (χ0v) is 9.92. The van der Waals surface area contributed by atoms with Crippen LogP contribution >= 0.6 is 0 Å². The molecule has 0 saturated heterocycles. The van der Waals surface area contributed by atoms with E-state index in [4.69, 9.17) is 9.47 Å². The van der Waals surface area contributed by atoms with Crippen LogP contribution in [0.3, 0.4) is 0 Å². The SMILES string of the molecule is CCOC(C)(OCC)C(=O)CC(C)C. The molecule has 0 radical (unpaired) electrons. The molecule has 0 atom stereocenters. The Morgan fingerprint density at radius 2 is 1.64 bits per heavy atom. The van der Waals surface area contributed by atoms with Crippen molar-refractivity contribution in [2.75, 3.05) is 13.2 Å². The van der Waals surface area contributed by atoms with E-state index in [1.54, 1.807) is 6.92 Å². The largest absolute Gasteiger partial charge is 0.344 e. The van der Waals surface area contributed by atoms with Gasteiger partial charge in [0.25, 0.3) is 0 Å². The standard InChI is InChI=1S/C11H22O3/c1-6-13-11(5,14-7-2)10(12)8-9(3)4/h9H,6-8H2,1-5H3. The third-order valence-electron chi connectivity index (χ3n) is 1.94. The number of hydrogen-bond acceptors (Lipinski definition) is 3. The summed E-state index contributed by atoms with van der Waals surface area (Å²) in [6.45, 7) is 10.4. The van der Waals surface area contributed by atoms with Gasteiger partial charge >= 0.3 is 0 Å². The maximum Gasteiger partial charge on any atom is 0.225 e. The first-order valence-electron chi connectivity index (χ1n) is 5.27. The fourth-order valence-electron chi connectivity index (χ4n) is 1.31. The Morgan fingerprint density at radius 1 is 1.21 bits per heavy atom. The van der Waals surface area contributed by atoms with Crippen LogP contribution in [0, 0.1) is 5.92 Å². The van der Waals surface area contributed by atoms with Crippen molar-refractivity contribution in [3.05, 3.63) is 0 Å². The molecule has 0 N–H and O–H groups in total. The molecule has 0 amide bonds. The van der Waals surface area contributed by atoms with Crippen LogP contribution in [0.1, 0.15) is 41.0 Å². The van der Waals surface area contributed by atoms with Gasteiger partial charge in [0.15, 0.2) is 5.78 Å². The van der Waals surface area contributed by atoms with Gasteiger partial charge in [0.1, 0.15) is 0 Å². The lowest BCUT2D eigenvalue weighted by atomic mass is 10.0. The van der Waals surface area contributed by atoms with Gasteiger partial charge in [0.05, 0.1) is 0 Å². The van der Waals surface area contributed by atoms with Crippen LogP contribution in [0.15, 0.2) is 0 Å². The normalized spacial score (nSPS) is 12.1. The molecule has 0 heterocycles. The third-order valence-corrected chi connectivity index (χ3v) is 1.94. The molecule has 0 aromatic rings. The van der Waals surface area contributed by atoms with Gasteiger partial charge in [-0.05, 0) is 26.7 Å². The van der Waals surface area contributed by atoms with Gasteiger partial charge in [-0.25, -0.2) is 0 Å². The Kier molecular flexibility index (Phi) is 5.96. The first kappa shape index (κ1) is 13.6. The van der Waals surface area contributed by atoms with Gasteiger partial charge in [-0.3, -0.25) is 4.79 Å². The van der Waals surface area contributed by atoms with Gasteiger partial charge in [0, 0.05) is 19.6 Å². The summed E-state index contributed by atoms with van der Waals surface area (Å²) in [5.41, 5.74) is 0. The predicted molar refractivity (Wildman–Crippen MR) is 56.1 cm³/mol. The summed E-state index contributed by atoms with van der Waals surface area (Å²) in [7, 11) is 0. The summed E-state index contributed by atoms with van der Waals surface area (Å²) >= 11 is 0. The zero-order chi connectivity index (χ0) is 11.2. The molecule has 0 fully saturated rings. The third kappa shape index (κ3) is 4.20. The van der Waals surface area contributed by atoms with Crippen molar-refractivity contribution < 1.29 is 14.3 Å². The second-order valence-corrected chi connectivity index (χ2v) is 3.83. The predicted octanol–water partition coefficient (Wildman–Crippen LogP) is 2.39. The molecule has 0 spiro atoms. The summed E-state index contributed by atoms with van der Waals surface area (Å²) < 4.78 is 10.7. The lowest BCUT2D eigenvalue weighted by molar-refractivity contribution is -0.217. The fraction of sp³-hybridized carbons (Fsp3) is 0.909. The minimum absolute atomic E-state index is 0.0243. The van der Waals surface area contributed by atoms with Crippen LogP contribution in [0.2, 0.25) is 0 Å². The van der Waals surface area contributed by atoms with E-state index >= 15 is 0 Å². The molecule has 0 saturated carbocycles. The lowest BCUT2D eigenvalue weighted by Gasteiger charge is -2.28. The quantitative estimate of drug-likeness (QED) is 0.595. The molecular formula is C11H22O3. The molecule has 0 aliphatic heterocycles. The van der Waals surface area contributed by atoms with Crippen molar-refractivity contribution >= 4 is 5.78 Å². The molecule has 0 unspecified atom stereocenters. The summed E-state index contributed by atoms with van der Waals surface area (Å²) in [6.07, 6.45) is 0.497. The zero-order valence-electron chi connectivity index (χ0n) is 9.92. The molecule has 0 rings (SSSR count). The topological polar surface area (TPSA) is 35.5 Å². The molecule has 14 heavy (non-hydrogen) atoms. The molecule has 84 valence electrons. The van der Waals surface area contributed by atoms with E-state index in [2.05, 4.69) is 0 Å². The van der Waals surface area contributed by atoms with Gasteiger partial charge in [0.2, 0.25) is 5.79 Å². The van der Waals surface area contributed by atoms with E-state index in [-0.39, 0.29) is 5.78 Å². The number of ether oxygens (including phenoxy) is 2. The Morgan fingerprint density at radius 3 is 1.93 bits per heavy atom. The van der Waals surface area contributed by atoms with Crippen LogP contribution < -0.4 is 0 Å². The van der Waals surface area contributed by atoms with Gasteiger partial charge in [-0.1, -0.05) is 13.8 Å². The van der Waals surface area contributed by atoms with Crippen molar-refractivity contribution in [1.82, 2.24) is 0 Å². The molecule has 3 nitrogen and oxygen atoms in total. The maximum absolute atomic E-state index is 11.8. The number of carbonyl (C=O) groups is 1. The van der Waals surface area contributed by atoms with Crippen molar-refractivity contribution in [2.24, 2.45) is 5.92 Å². The van der Waals surface area contributed by atoms with Crippen molar-refractivity contribution in [3.63, 3.8) is 0 Å². The van der Waals surface area contributed by atoms with Gasteiger partial charge < -0.3 is 9.47 Å². The van der Waals surface area contributed by atoms with Crippen LogP contribution in [0.4, 0.5) is 0 Å². The molecule has 0 aromatic carbocycles. The van der Waals surface area contributed by atoms with Crippen LogP contribution in [0.5, 0.6) is 0 Å². The number of Topliss-reactive ketones (excluding diaryl/α,β-unsaturated/α-hetero) is 1. The Bertz CT molecular complexity index is 169. The molecule has 0 aliphatic carbocycles. The second-order valence-electron chi connectivity index (χ2n) is 3.83. The molecular weight excluding hydrogens is 180 g/mol. The molecule has 3 heteroatoms. The smallest absolute Gasteiger partial charge is 0.225 e. The highest BCUT2D eigenvalue weighted by atomic mass is 16.7. The van der Waals surface area contributed by atoms with E-state index in [1.165, 1.54) is 0 Å². The van der Waals surface area contributed by atoms with Gasteiger partial charge in [-0.2, -0.15) is 0 Å². The van der Waals surface area contributed by atoms with Crippen molar-refractivity contribution in [1.29, 1.82) is 0 Å². The van der Waals surface area contributed by atoms with Crippen molar-refractivity contribution in [3.8, 4) is 0 Å². The minimum Gasteiger partial charge on any atom is -0.344 e. The first-order valence-corrected chi connectivity index (χ1v) is 5.27. The monoisotopic (exact) mass is 202 g/mol. The van der Waals surface area contributed by atoms with E-state index in [1.807, 2.05) is 27.7 Å². The Hall–Kier alpha value is -0.410. The minimum atomic E-state index is -1.05. The fourth-order valence-corrected chi connectivity index (χ4v) is 1.31. The van der Waals surface area contributed by atoms with E-state index < -0.39 is 5.79 Å². The summed E-state index contributed by atoms with van der Waals surface area (Å²) in [6, 6.07) is 0.